The minimum atomic E-state index is -0.931. The summed E-state index contributed by atoms with van der Waals surface area (Å²) in [6.45, 7) is 3.53. The summed E-state index contributed by atoms with van der Waals surface area (Å²) in [4.78, 5) is 28.0. The zero-order chi connectivity index (χ0) is 22.1. The number of methoxy groups -OCH3 is 2. The van der Waals surface area contributed by atoms with E-state index >= 15 is 0 Å². The maximum absolute atomic E-state index is 12.1. The lowest BCUT2D eigenvalue weighted by atomic mass is 10.2. The van der Waals surface area contributed by atoms with Gasteiger partial charge in [0.25, 0.3) is 0 Å². The van der Waals surface area contributed by atoms with Crippen molar-refractivity contribution in [1.82, 2.24) is 10.3 Å². The van der Waals surface area contributed by atoms with Crippen LogP contribution in [0.1, 0.15) is 19.5 Å². The summed E-state index contributed by atoms with van der Waals surface area (Å²) in [5.41, 5.74) is 0.543. The van der Waals surface area contributed by atoms with Crippen molar-refractivity contribution in [2.24, 2.45) is 5.92 Å². The first-order valence-electron chi connectivity index (χ1n) is 9.37. The Kier molecular flexibility index (Phi) is 8.88. The van der Waals surface area contributed by atoms with Crippen molar-refractivity contribution in [3.63, 3.8) is 0 Å². The monoisotopic (exact) mass is 437 g/mol. The van der Waals surface area contributed by atoms with Crippen LogP contribution in [0.3, 0.4) is 0 Å². The van der Waals surface area contributed by atoms with Crippen LogP contribution in [0.5, 0.6) is 17.2 Å². The van der Waals surface area contributed by atoms with Gasteiger partial charge in [-0.2, -0.15) is 0 Å². The molecule has 1 atom stereocenters. The van der Waals surface area contributed by atoms with E-state index < -0.39 is 6.10 Å². The van der Waals surface area contributed by atoms with E-state index in [1.165, 1.54) is 25.6 Å². The van der Waals surface area contributed by atoms with Crippen molar-refractivity contribution in [1.29, 1.82) is 0 Å². The summed E-state index contributed by atoms with van der Waals surface area (Å²) in [5.74, 6) is 0.765. The first-order chi connectivity index (χ1) is 14.3. The summed E-state index contributed by atoms with van der Waals surface area (Å²) in [5, 5.41) is 17.6. The van der Waals surface area contributed by atoms with Gasteiger partial charge in [-0.3, -0.25) is 9.59 Å². The average Bonchev–Trinajstić information content (AvgIpc) is 3.16. The van der Waals surface area contributed by atoms with Crippen molar-refractivity contribution in [3.05, 3.63) is 29.3 Å². The van der Waals surface area contributed by atoms with Crippen LogP contribution in [-0.4, -0.2) is 55.4 Å². The zero-order valence-electron chi connectivity index (χ0n) is 17.4. The van der Waals surface area contributed by atoms with Crippen LogP contribution >= 0.6 is 11.3 Å². The van der Waals surface area contributed by atoms with Crippen LogP contribution in [0.4, 0.5) is 5.13 Å². The second-order valence-electron chi connectivity index (χ2n) is 6.73. The molecule has 2 rings (SSSR count). The fourth-order valence-electron chi connectivity index (χ4n) is 2.35. The molecule has 0 aliphatic heterocycles. The fourth-order valence-corrected chi connectivity index (χ4v) is 3.07. The SMILES string of the molecule is COc1cccc(OC)c1OCC(O)CNC(=O)Cc1csc(NC(=O)C(C)C)n1. The lowest BCUT2D eigenvalue weighted by Crippen LogP contribution is -2.36. The molecule has 3 N–H and O–H groups in total. The molecule has 10 heteroatoms. The number of nitrogens with zero attached hydrogens (tertiary/aromatic N) is 1. The molecule has 1 unspecified atom stereocenters. The number of aliphatic hydroxyl groups is 1. The Labute approximate surface area is 179 Å². The molecule has 30 heavy (non-hydrogen) atoms. The number of carbonyl (C=O) groups is 2. The standard InChI is InChI=1S/C20H27N3O6S/c1-12(2)19(26)23-20-22-13(11-30-20)8-17(25)21-9-14(24)10-29-18-15(27-3)6-5-7-16(18)28-4/h5-7,11-12,14,24H,8-10H2,1-4H3,(H,21,25)(H,22,23,26). The molecule has 9 nitrogen and oxygen atoms in total. The fraction of sp³-hybridized carbons (Fsp3) is 0.450. The Morgan fingerprint density at radius 2 is 1.87 bits per heavy atom. The van der Waals surface area contributed by atoms with Crippen molar-refractivity contribution in [2.75, 3.05) is 32.7 Å². The molecule has 0 bridgehead atoms. The first-order valence-corrected chi connectivity index (χ1v) is 10.3. The molecule has 2 aromatic rings. The third-order valence-corrected chi connectivity index (χ3v) is 4.79. The number of amides is 2. The number of hydrogen-bond donors (Lipinski definition) is 3. The minimum absolute atomic E-state index is 0.0113. The second kappa shape index (κ2) is 11.4. The van der Waals surface area contributed by atoms with Crippen LogP contribution in [0.25, 0.3) is 0 Å². The highest BCUT2D eigenvalue weighted by molar-refractivity contribution is 7.13. The molecule has 0 aliphatic rings. The Morgan fingerprint density at radius 1 is 1.20 bits per heavy atom. The summed E-state index contributed by atoms with van der Waals surface area (Å²) in [6.07, 6.45) is -0.887. The molecular weight excluding hydrogens is 410 g/mol. The minimum Gasteiger partial charge on any atom is -0.493 e. The lowest BCUT2D eigenvalue weighted by molar-refractivity contribution is -0.121. The maximum Gasteiger partial charge on any atom is 0.228 e. The third kappa shape index (κ3) is 6.89. The predicted octanol–water partition coefficient (Wildman–Crippen LogP) is 1.85. The van der Waals surface area contributed by atoms with Gasteiger partial charge in [-0.05, 0) is 12.1 Å². The Balaban J connectivity index is 1.79. The number of rotatable bonds is 11. The average molecular weight is 438 g/mol. The van der Waals surface area contributed by atoms with Crippen molar-refractivity contribution in [2.45, 2.75) is 26.4 Å². The lowest BCUT2D eigenvalue weighted by Gasteiger charge is -2.17. The molecule has 0 saturated heterocycles. The van der Waals surface area contributed by atoms with Crippen molar-refractivity contribution in [3.8, 4) is 17.2 Å². The number of ether oxygens (including phenoxy) is 3. The zero-order valence-corrected chi connectivity index (χ0v) is 18.2. The van der Waals surface area contributed by atoms with Gasteiger partial charge < -0.3 is 30.0 Å². The molecule has 1 aromatic heterocycles. The number of nitrogens with one attached hydrogen (secondary N) is 2. The molecule has 0 fully saturated rings. The second-order valence-corrected chi connectivity index (χ2v) is 7.58. The van der Waals surface area contributed by atoms with Gasteiger partial charge in [0, 0.05) is 17.8 Å². The number of carbonyl (C=O) groups excluding carboxylic acids is 2. The molecule has 164 valence electrons. The quantitative estimate of drug-likeness (QED) is 0.491. The van der Waals surface area contributed by atoms with Crippen LogP contribution < -0.4 is 24.8 Å². The van der Waals surface area contributed by atoms with E-state index in [9.17, 15) is 14.7 Å². The summed E-state index contributed by atoms with van der Waals surface area (Å²) in [6, 6.07) is 5.20. The first kappa shape index (κ1) is 23.4. The normalized spacial score (nSPS) is 11.7. The topological polar surface area (TPSA) is 119 Å². The van der Waals surface area contributed by atoms with E-state index in [1.807, 2.05) is 0 Å². The van der Waals surface area contributed by atoms with E-state index in [0.29, 0.717) is 28.1 Å². The molecule has 1 heterocycles. The summed E-state index contributed by atoms with van der Waals surface area (Å²) >= 11 is 1.26. The Morgan fingerprint density at radius 3 is 2.47 bits per heavy atom. The van der Waals surface area contributed by atoms with Crippen LogP contribution in [-0.2, 0) is 16.0 Å². The van der Waals surface area contributed by atoms with E-state index in [4.69, 9.17) is 14.2 Å². The molecule has 0 saturated carbocycles. The van der Waals surface area contributed by atoms with Gasteiger partial charge in [0.15, 0.2) is 16.6 Å². The van der Waals surface area contributed by atoms with Gasteiger partial charge in [-0.25, -0.2) is 4.98 Å². The number of benzene rings is 1. The molecule has 2 amide bonds. The van der Waals surface area contributed by atoms with Gasteiger partial charge in [0.2, 0.25) is 17.6 Å². The summed E-state index contributed by atoms with van der Waals surface area (Å²) < 4.78 is 16.1. The van der Waals surface area contributed by atoms with Crippen LogP contribution in [0, 0.1) is 5.92 Å². The number of hydrogen-bond acceptors (Lipinski definition) is 8. The molecule has 0 spiro atoms. The van der Waals surface area contributed by atoms with E-state index in [2.05, 4.69) is 15.6 Å². The number of aliphatic hydroxyl groups excluding tert-OH is 1. The van der Waals surface area contributed by atoms with E-state index in [-0.39, 0.29) is 37.3 Å². The highest BCUT2D eigenvalue weighted by Gasteiger charge is 2.15. The molecule has 1 aromatic carbocycles. The van der Waals surface area contributed by atoms with E-state index in [1.54, 1.807) is 37.4 Å². The number of para-hydroxylation sites is 1. The molecule has 0 radical (unpaired) electrons. The third-order valence-electron chi connectivity index (χ3n) is 3.99. The smallest absolute Gasteiger partial charge is 0.228 e. The van der Waals surface area contributed by atoms with Gasteiger partial charge >= 0.3 is 0 Å². The van der Waals surface area contributed by atoms with Crippen molar-refractivity contribution >= 4 is 28.3 Å². The van der Waals surface area contributed by atoms with Crippen molar-refractivity contribution < 1.29 is 28.9 Å². The maximum atomic E-state index is 12.1. The van der Waals surface area contributed by atoms with Crippen LogP contribution in [0.15, 0.2) is 23.6 Å². The number of aromatic nitrogens is 1. The Hall–Kier alpha value is -2.85. The van der Waals surface area contributed by atoms with Gasteiger partial charge in [-0.15, -0.1) is 11.3 Å². The van der Waals surface area contributed by atoms with E-state index in [0.717, 1.165) is 0 Å². The number of anilines is 1. The highest BCUT2D eigenvalue weighted by Crippen LogP contribution is 2.36. The Bertz CT molecular complexity index is 833. The van der Waals surface area contributed by atoms with Crippen LogP contribution in [0.2, 0.25) is 0 Å². The van der Waals surface area contributed by atoms with Gasteiger partial charge in [0.05, 0.1) is 26.3 Å². The summed E-state index contributed by atoms with van der Waals surface area (Å²) in [7, 11) is 3.02. The van der Waals surface area contributed by atoms with Gasteiger partial charge in [0.1, 0.15) is 12.7 Å². The largest absolute Gasteiger partial charge is 0.493 e. The predicted molar refractivity (Wildman–Crippen MR) is 113 cm³/mol. The highest BCUT2D eigenvalue weighted by atomic mass is 32.1. The number of thiazole rings is 1. The molecule has 0 aliphatic carbocycles. The van der Waals surface area contributed by atoms with Gasteiger partial charge in [-0.1, -0.05) is 19.9 Å². The molecular formula is C20H27N3O6S.